The SMILES string of the molecule is CCc1ccc(C(C)(C)CNC(CO)CCO)cc1. The van der Waals surface area contributed by atoms with Crippen molar-refractivity contribution in [3.05, 3.63) is 35.4 Å². The van der Waals surface area contributed by atoms with Crippen molar-refractivity contribution in [2.24, 2.45) is 0 Å². The number of aliphatic hydroxyl groups excluding tert-OH is 2. The van der Waals surface area contributed by atoms with E-state index in [4.69, 9.17) is 5.11 Å². The number of rotatable bonds is 8. The second-order valence-corrected chi connectivity index (χ2v) is 5.71. The molecule has 3 nitrogen and oxygen atoms in total. The summed E-state index contributed by atoms with van der Waals surface area (Å²) in [5.41, 5.74) is 2.65. The summed E-state index contributed by atoms with van der Waals surface area (Å²) in [6, 6.07) is 8.68. The maximum Gasteiger partial charge on any atom is 0.0585 e. The fourth-order valence-electron chi connectivity index (χ4n) is 2.11. The van der Waals surface area contributed by atoms with Crippen LogP contribution in [0.15, 0.2) is 24.3 Å². The Balaban J connectivity index is 2.63. The molecule has 0 bridgehead atoms. The van der Waals surface area contributed by atoms with Crippen molar-refractivity contribution in [2.75, 3.05) is 19.8 Å². The van der Waals surface area contributed by atoms with Crippen molar-refractivity contribution < 1.29 is 10.2 Å². The normalized spacial score (nSPS) is 13.5. The predicted molar refractivity (Wildman–Crippen MR) is 79.4 cm³/mol. The van der Waals surface area contributed by atoms with E-state index in [-0.39, 0.29) is 24.7 Å². The summed E-state index contributed by atoms with van der Waals surface area (Å²) in [5.74, 6) is 0. The van der Waals surface area contributed by atoms with Crippen LogP contribution in [-0.4, -0.2) is 36.0 Å². The van der Waals surface area contributed by atoms with Crippen molar-refractivity contribution in [1.82, 2.24) is 5.32 Å². The molecule has 108 valence electrons. The lowest BCUT2D eigenvalue weighted by atomic mass is 9.84. The van der Waals surface area contributed by atoms with E-state index in [1.165, 1.54) is 11.1 Å². The van der Waals surface area contributed by atoms with E-state index in [9.17, 15) is 5.11 Å². The zero-order chi connectivity index (χ0) is 14.3. The van der Waals surface area contributed by atoms with Crippen LogP contribution in [0.4, 0.5) is 0 Å². The lowest BCUT2D eigenvalue weighted by molar-refractivity contribution is 0.195. The molecule has 1 rings (SSSR count). The van der Waals surface area contributed by atoms with Gasteiger partial charge < -0.3 is 15.5 Å². The number of aryl methyl sites for hydroxylation is 1. The molecule has 0 spiro atoms. The first kappa shape index (κ1) is 16.2. The second kappa shape index (κ2) is 7.63. The molecular formula is C16H27NO2. The number of hydrogen-bond acceptors (Lipinski definition) is 3. The first-order valence-corrected chi connectivity index (χ1v) is 7.08. The van der Waals surface area contributed by atoms with Crippen molar-refractivity contribution in [3.63, 3.8) is 0 Å². The van der Waals surface area contributed by atoms with Gasteiger partial charge in [-0.3, -0.25) is 0 Å². The molecule has 0 aromatic heterocycles. The molecule has 0 amide bonds. The van der Waals surface area contributed by atoms with E-state index in [1.54, 1.807) is 0 Å². The van der Waals surface area contributed by atoms with E-state index in [0.717, 1.165) is 13.0 Å². The summed E-state index contributed by atoms with van der Waals surface area (Å²) in [6.45, 7) is 7.48. The van der Waals surface area contributed by atoms with E-state index in [1.807, 2.05) is 0 Å². The van der Waals surface area contributed by atoms with Gasteiger partial charge in [0.1, 0.15) is 0 Å². The molecule has 0 saturated heterocycles. The summed E-state index contributed by atoms with van der Waals surface area (Å²) in [4.78, 5) is 0. The Morgan fingerprint density at radius 2 is 1.79 bits per heavy atom. The molecule has 0 aliphatic heterocycles. The van der Waals surface area contributed by atoms with Crippen LogP contribution in [0.1, 0.15) is 38.3 Å². The molecule has 0 fully saturated rings. The van der Waals surface area contributed by atoms with Gasteiger partial charge >= 0.3 is 0 Å². The summed E-state index contributed by atoms with van der Waals surface area (Å²) in [5, 5.41) is 21.5. The van der Waals surface area contributed by atoms with Gasteiger partial charge in [0, 0.05) is 24.6 Å². The minimum Gasteiger partial charge on any atom is -0.396 e. The van der Waals surface area contributed by atoms with E-state index < -0.39 is 0 Å². The Labute approximate surface area is 116 Å². The minimum absolute atomic E-state index is 0.00907. The zero-order valence-corrected chi connectivity index (χ0v) is 12.3. The molecule has 3 N–H and O–H groups in total. The van der Waals surface area contributed by atoms with E-state index in [0.29, 0.717) is 6.42 Å². The number of aliphatic hydroxyl groups is 2. The zero-order valence-electron chi connectivity index (χ0n) is 12.3. The molecule has 1 aromatic carbocycles. The molecule has 0 aliphatic carbocycles. The van der Waals surface area contributed by atoms with Crippen LogP contribution in [-0.2, 0) is 11.8 Å². The summed E-state index contributed by atoms with van der Waals surface area (Å²) in [6.07, 6.45) is 1.64. The third-order valence-corrected chi connectivity index (χ3v) is 3.67. The van der Waals surface area contributed by atoms with Gasteiger partial charge in [-0.25, -0.2) is 0 Å². The van der Waals surface area contributed by atoms with Gasteiger partial charge in [-0.15, -0.1) is 0 Å². The molecule has 0 aliphatic rings. The van der Waals surface area contributed by atoms with Gasteiger partial charge in [0.25, 0.3) is 0 Å². The van der Waals surface area contributed by atoms with Crippen molar-refractivity contribution in [1.29, 1.82) is 0 Å². The van der Waals surface area contributed by atoms with Crippen molar-refractivity contribution in [3.8, 4) is 0 Å². The summed E-state index contributed by atoms with van der Waals surface area (Å²) in [7, 11) is 0. The molecule has 3 heteroatoms. The molecular weight excluding hydrogens is 238 g/mol. The van der Waals surface area contributed by atoms with Crippen LogP contribution in [0.25, 0.3) is 0 Å². The third-order valence-electron chi connectivity index (χ3n) is 3.67. The molecule has 1 aromatic rings. The average Bonchev–Trinajstić information content (AvgIpc) is 2.43. The minimum atomic E-state index is -0.0285. The van der Waals surface area contributed by atoms with Crippen LogP contribution >= 0.6 is 0 Å². The highest BCUT2D eigenvalue weighted by atomic mass is 16.3. The first-order valence-electron chi connectivity index (χ1n) is 7.08. The quantitative estimate of drug-likeness (QED) is 0.672. The monoisotopic (exact) mass is 265 g/mol. The number of hydrogen-bond donors (Lipinski definition) is 3. The maximum absolute atomic E-state index is 9.22. The standard InChI is InChI=1S/C16H27NO2/c1-4-13-5-7-14(8-6-13)16(2,3)12-17-15(11-19)9-10-18/h5-8,15,17-19H,4,9-12H2,1-3H3. The van der Waals surface area contributed by atoms with Gasteiger partial charge in [-0.05, 0) is 24.0 Å². The maximum atomic E-state index is 9.22. The van der Waals surface area contributed by atoms with Gasteiger partial charge in [0.2, 0.25) is 0 Å². The predicted octanol–water partition coefficient (Wildman–Crippen LogP) is 1.86. The molecule has 1 atom stereocenters. The Hall–Kier alpha value is -0.900. The fourth-order valence-corrected chi connectivity index (χ4v) is 2.11. The van der Waals surface area contributed by atoms with Gasteiger partial charge in [-0.2, -0.15) is 0 Å². The molecule has 0 radical (unpaired) electrons. The van der Waals surface area contributed by atoms with E-state index in [2.05, 4.69) is 50.4 Å². The Morgan fingerprint density at radius 3 is 2.26 bits per heavy atom. The number of nitrogens with one attached hydrogen (secondary N) is 1. The summed E-state index contributed by atoms with van der Waals surface area (Å²) >= 11 is 0. The second-order valence-electron chi connectivity index (χ2n) is 5.71. The number of benzene rings is 1. The largest absolute Gasteiger partial charge is 0.396 e. The Morgan fingerprint density at radius 1 is 1.16 bits per heavy atom. The van der Waals surface area contributed by atoms with Gasteiger partial charge in [0.15, 0.2) is 0 Å². The highest BCUT2D eigenvalue weighted by molar-refractivity contribution is 5.28. The Bertz CT molecular complexity index is 360. The lowest BCUT2D eigenvalue weighted by Crippen LogP contribution is -2.41. The van der Waals surface area contributed by atoms with Crippen LogP contribution in [0.5, 0.6) is 0 Å². The molecule has 1 unspecified atom stereocenters. The highest BCUT2D eigenvalue weighted by Gasteiger charge is 2.21. The van der Waals surface area contributed by atoms with Crippen LogP contribution in [0.2, 0.25) is 0 Å². The fraction of sp³-hybridized carbons (Fsp3) is 0.625. The Kier molecular flexibility index (Phi) is 6.49. The van der Waals surface area contributed by atoms with Crippen molar-refractivity contribution in [2.45, 2.75) is 45.1 Å². The molecule has 19 heavy (non-hydrogen) atoms. The first-order chi connectivity index (χ1) is 9.03. The third kappa shape index (κ3) is 4.94. The van der Waals surface area contributed by atoms with Crippen LogP contribution in [0, 0.1) is 0 Å². The molecule has 0 saturated carbocycles. The van der Waals surface area contributed by atoms with Gasteiger partial charge in [0.05, 0.1) is 6.61 Å². The van der Waals surface area contributed by atoms with Gasteiger partial charge in [-0.1, -0.05) is 45.0 Å². The topological polar surface area (TPSA) is 52.5 Å². The van der Waals surface area contributed by atoms with Crippen molar-refractivity contribution >= 4 is 0 Å². The smallest absolute Gasteiger partial charge is 0.0585 e. The summed E-state index contributed by atoms with van der Waals surface area (Å²) < 4.78 is 0. The van der Waals surface area contributed by atoms with Crippen LogP contribution in [0.3, 0.4) is 0 Å². The van der Waals surface area contributed by atoms with E-state index >= 15 is 0 Å². The average molecular weight is 265 g/mol. The van der Waals surface area contributed by atoms with Crippen LogP contribution < -0.4 is 5.32 Å². The highest BCUT2D eigenvalue weighted by Crippen LogP contribution is 2.23. The lowest BCUT2D eigenvalue weighted by Gasteiger charge is -2.28. The molecule has 0 heterocycles.